The van der Waals surface area contributed by atoms with E-state index in [0.717, 1.165) is 17.3 Å². The second kappa shape index (κ2) is 6.41. The van der Waals surface area contributed by atoms with E-state index in [2.05, 4.69) is 66.8 Å². The van der Waals surface area contributed by atoms with E-state index >= 15 is 0 Å². The summed E-state index contributed by atoms with van der Waals surface area (Å²) >= 11 is 3.53. The fourth-order valence-electron chi connectivity index (χ4n) is 1.77. The molecule has 0 aromatic heterocycles. The van der Waals surface area contributed by atoms with Crippen LogP contribution in [0.15, 0.2) is 22.7 Å². The van der Waals surface area contributed by atoms with Crippen molar-refractivity contribution in [3.63, 3.8) is 0 Å². The zero-order valence-corrected chi connectivity index (χ0v) is 12.8. The predicted molar refractivity (Wildman–Crippen MR) is 79.7 cm³/mol. The largest absolute Gasteiger partial charge is 0.372 e. The molecule has 0 radical (unpaired) electrons. The minimum atomic E-state index is 0.239. The van der Waals surface area contributed by atoms with Gasteiger partial charge in [0.2, 0.25) is 0 Å². The quantitative estimate of drug-likeness (QED) is 0.900. The molecule has 96 valence electrons. The van der Waals surface area contributed by atoms with E-state index in [9.17, 15) is 0 Å². The fraction of sp³-hybridized carbons (Fsp3) is 0.571. The number of hydrogen-bond donors (Lipinski definition) is 1. The van der Waals surface area contributed by atoms with Crippen molar-refractivity contribution in [2.45, 2.75) is 45.7 Å². The van der Waals surface area contributed by atoms with E-state index in [0.29, 0.717) is 6.04 Å². The minimum Gasteiger partial charge on any atom is -0.372 e. The third kappa shape index (κ3) is 4.00. The second-order valence-corrected chi connectivity index (χ2v) is 5.77. The lowest BCUT2D eigenvalue weighted by atomic mass is 10.0. The standard InChI is InChI=1S/C14H23BrN2/c1-5-13(16)9-11-8-12(15)6-7-14(11)17(4)10(2)3/h6-8,10,13H,5,9,16H2,1-4H3. The van der Waals surface area contributed by atoms with E-state index in [1.54, 1.807) is 0 Å². The van der Waals surface area contributed by atoms with E-state index < -0.39 is 0 Å². The maximum Gasteiger partial charge on any atom is 0.0399 e. The highest BCUT2D eigenvalue weighted by Crippen LogP contribution is 2.26. The summed E-state index contributed by atoms with van der Waals surface area (Å²) in [6, 6.07) is 7.18. The average Bonchev–Trinajstić information content (AvgIpc) is 2.28. The van der Waals surface area contributed by atoms with E-state index in [1.807, 2.05) is 0 Å². The monoisotopic (exact) mass is 298 g/mol. The highest BCUT2D eigenvalue weighted by molar-refractivity contribution is 9.10. The molecule has 0 aliphatic heterocycles. The molecular formula is C14H23BrN2. The Balaban J connectivity index is 3.03. The number of nitrogens with two attached hydrogens (primary N) is 1. The maximum absolute atomic E-state index is 6.07. The van der Waals surface area contributed by atoms with Gasteiger partial charge in [0, 0.05) is 29.3 Å². The van der Waals surface area contributed by atoms with Crippen molar-refractivity contribution in [3.05, 3.63) is 28.2 Å². The molecule has 1 rings (SSSR count). The van der Waals surface area contributed by atoms with Crippen molar-refractivity contribution in [3.8, 4) is 0 Å². The smallest absolute Gasteiger partial charge is 0.0399 e. The summed E-state index contributed by atoms with van der Waals surface area (Å²) < 4.78 is 1.12. The Morgan fingerprint density at radius 2 is 2.00 bits per heavy atom. The van der Waals surface area contributed by atoms with Gasteiger partial charge in [-0.25, -0.2) is 0 Å². The first-order chi connectivity index (χ1) is 7.95. The Kier molecular flexibility index (Phi) is 5.47. The van der Waals surface area contributed by atoms with Crippen LogP contribution in [0.4, 0.5) is 5.69 Å². The molecular weight excluding hydrogens is 276 g/mol. The van der Waals surface area contributed by atoms with Gasteiger partial charge in [-0.15, -0.1) is 0 Å². The van der Waals surface area contributed by atoms with Crippen LogP contribution in [0, 0.1) is 0 Å². The maximum atomic E-state index is 6.07. The fourth-order valence-corrected chi connectivity index (χ4v) is 2.18. The molecule has 0 spiro atoms. The molecule has 1 aromatic rings. The first kappa shape index (κ1) is 14.5. The molecule has 0 saturated heterocycles. The molecule has 3 heteroatoms. The molecule has 1 aromatic carbocycles. The molecule has 0 saturated carbocycles. The van der Waals surface area contributed by atoms with Crippen LogP contribution in [0.25, 0.3) is 0 Å². The van der Waals surface area contributed by atoms with E-state index in [4.69, 9.17) is 5.73 Å². The van der Waals surface area contributed by atoms with Crippen LogP contribution in [0.3, 0.4) is 0 Å². The Labute approximate surface area is 113 Å². The van der Waals surface area contributed by atoms with Crippen molar-refractivity contribution in [2.75, 3.05) is 11.9 Å². The molecule has 0 bridgehead atoms. The van der Waals surface area contributed by atoms with Crippen LogP contribution < -0.4 is 10.6 Å². The molecule has 0 fully saturated rings. The van der Waals surface area contributed by atoms with Crippen LogP contribution in [0.2, 0.25) is 0 Å². The van der Waals surface area contributed by atoms with Crippen molar-refractivity contribution in [1.29, 1.82) is 0 Å². The SMILES string of the molecule is CCC(N)Cc1cc(Br)ccc1N(C)C(C)C. The van der Waals surface area contributed by atoms with Gasteiger partial charge in [-0.1, -0.05) is 22.9 Å². The Morgan fingerprint density at radius 3 is 2.53 bits per heavy atom. The number of nitrogens with zero attached hydrogens (tertiary/aromatic N) is 1. The minimum absolute atomic E-state index is 0.239. The summed E-state index contributed by atoms with van der Waals surface area (Å²) in [6.07, 6.45) is 1.94. The third-order valence-electron chi connectivity index (χ3n) is 3.20. The van der Waals surface area contributed by atoms with Crippen LogP contribution >= 0.6 is 15.9 Å². The highest BCUT2D eigenvalue weighted by Gasteiger charge is 2.12. The Bertz CT molecular complexity index is 363. The summed E-state index contributed by atoms with van der Waals surface area (Å²) in [5.74, 6) is 0. The average molecular weight is 299 g/mol. The van der Waals surface area contributed by atoms with Crippen LogP contribution in [0.1, 0.15) is 32.8 Å². The molecule has 1 atom stereocenters. The topological polar surface area (TPSA) is 29.3 Å². The number of anilines is 1. The van der Waals surface area contributed by atoms with Gasteiger partial charge in [0.15, 0.2) is 0 Å². The van der Waals surface area contributed by atoms with Crippen molar-refractivity contribution in [2.24, 2.45) is 5.73 Å². The van der Waals surface area contributed by atoms with E-state index in [1.165, 1.54) is 11.3 Å². The zero-order chi connectivity index (χ0) is 13.0. The van der Waals surface area contributed by atoms with Gasteiger partial charge in [-0.2, -0.15) is 0 Å². The number of halogens is 1. The summed E-state index contributed by atoms with van der Waals surface area (Å²) in [6.45, 7) is 6.53. The highest BCUT2D eigenvalue weighted by atomic mass is 79.9. The van der Waals surface area contributed by atoms with Gasteiger partial charge in [0.05, 0.1) is 0 Å². The first-order valence-electron chi connectivity index (χ1n) is 6.22. The summed E-state index contributed by atoms with van der Waals surface area (Å²) in [5, 5.41) is 0. The first-order valence-corrected chi connectivity index (χ1v) is 7.01. The van der Waals surface area contributed by atoms with Crippen molar-refractivity contribution >= 4 is 21.6 Å². The van der Waals surface area contributed by atoms with Crippen LogP contribution in [0.5, 0.6) is 0 Å². The van der Waals surface area contributed by atoms with Gasteiger partial charge in [-0.05, 0) is 50.5 Å². The molecule has 0 aliphatic carbocycles. The van der Waals surface area contributed by atoms with Gasteiger partial charge in [0.1, 0.15) is 0 Å². The van der Waals surface area contributed by atoms with Crippen LogP contribution in [-0.2, 0) is 6.42 Å². The molecule has 17 heavy (non-hydrogen) atoms. The Hall–Kier alpha value is -0.540. The predicted octanol–water partition coefficient (Wildman–Crippen LogP) is 3.57. The molecule has 0 aliphatic rings. The zero-order valence-electron chi connectivity index (χ0n) is 11.2. The lowest BCUT2D eigenvalue weighted by Gasteiger charge is -2.27. The van der Waals surface area contributed by atoms with E-state index in [-0.39, 0.29) is 6.04 Å². The third-order valence-corrected chi connectivity index (χ3v) is 3.70. The van der Waals surface area contributed by atoms with Crippen LogP contribution in [-0.4, -0.2) is 19.1 Å². The molecule has 2 N–H and O–H groups in total. The van der Waals surface area contributed by atoms with Gasteiger partial charge < -0.3 is 10.6 Å². The molecule has 0 heterocycles. The van der Waals surface area contributed by atoms with Gasteiger partial charge in [-0.3, -0.25) is 0 Å². The number of hydrogen-bond acceptors (Lipinski definition) is 2. The number of rotatable bonds is 5. The lowest BCUT2D eigenvalue weighted by Crippen LogP contribution is -2.28. The lowest BCUT2D eigenvalue weighted by molar-refractivity contribution is 0.642. The van der Waals surface area contributed by atoms with Gasteiger partial charge >= 0.3 is 0 Å². The molecule has 2 nitrogen and oxygen atoms in total. The van der Waals surface area contributed by atoms with Gasteiger partial charge in [0.25, 0.3) is 0 Å². The second-order valence-electron chi connectivity index (χ2n) is 4.85. The van der Waals surface area contributed by atoms with Crippen molar-refractivity contribution < 1.29 is 0 Å². The van der Waals surface area contributed by atoms with Crippen molar-refractivity contribution in [1.82, 2.24) is 0 Å². The normalized spacial score (nSPS) is 12.9. The molecule has 0 amide bonds. The summed E-state index contributed by atoms with van der Waals surface area (Å²) in [7, 11) is 2.13. The number of benzene rings is 1. The summed E-state index contributed by atoms with van der Waals surface area (Å²) in [4.78, 5) is 2.30. The Morgan fingerprint density at radius 1 is 1.35 bits per heavy atom. The summed E-state index contributed by atoms with van der Waals surface area (Å²) in [5.41, 5.74) is 8.67. The molecule has 1 unspecified atom stereocenters.